The first kappa shape index (κ1) is 17.7. The molecule has 25 heavy (non-hydrogen) atoms. The molecule has 0 N–H and O–H groups in total. The van der Waals surface area contributed by atoms with Crippen LogP contribution in [0, 0.1) is 11.3 Å². The minimum atomic E-state index is -0.0298. The van der Waals surface area contributed by atoms with Crippen LogP contribution >= 0.6 is 22.9 Å². The van der Waals surface area contributed by atoms with Crippen LogP contribution in [0.15, 0.2) is 34.4 Å². The quantitative estimate of drug-likeness (QED) is 0.579. The molecule has 4 nitrogen and oxygen atoms in total. The Morgan fingerprint density at radius 2 is 2.04 bits per heavy atom. The number of thiophene rings is 1. The number of hydrogen-bond acceptors (Lipinski definition) is 4. The summed E-state index contributed by atoms with van der Waals surface area (Å²) in [6.07, 6.45) is 1.07. The molecule has 0 saturated heterocycles. The highest BCUT2D eigenvalue weighted by atomic mass is 35.5. The van der Waals surface area contributed by atoms with Gasteiger partial charge < -0.3 is 0 Å². The van der Waals surface area contributed by atoms with E-state index in [2.05, 4.69) is 6.07 Å². The summed E-state index contributed by atoms with van der Waals surface area (Å²) < 4.78 is 1.73. The van der Waals surface area contributed by atoms with Crippen LogP contribution in [0.25, 0.3) is 21.3 Å². The van der Waals surface area contributed by atoms with Gasteiger partial charge in [-0.05, 0) is 24.1 Å². The van der Waals surface area contributed by atoms with Crippen molar-refractivity contribution in [1.29, 1.82) is 5.26 Å². The van der Waals surface area contributed by atoms with Crippen molar-refractivity contribution < 1.29 is 0 Å². The average Bonchev–Trinajstić information content (AvgIpc) is 3.01. The van der Waals surface area contributed by atoms with Crippen LogP contribution in [0.4, 0.5) is 0 Å². The van der Waals surface area contributed by atoms with Gasteiger partial charge in [0.15, 0.2) is 0 Å². The van der Waals surface area contributed by atoms with Gasteiger partial charge >= 0.3 is 0 Å². The molecule has 0 unspecified atom stereocenters. The van der Waals surface area contributed by atoms with E-state index in [0.29, 0.717) is 29.8 Å². The van der Waals surface area contributed by atoms with E-state index in [1.165, 1.54) is 11.3 Å². The lowest BCUT2D eigenvalue weighted by atomic mass is 10.1. The Morgan fingerprint density at radius 3 is 2.68 bits per heavy atom. The molecule has 2 aromatic heterocycles. The summed E-state index contributed by atoms with van der Waals surface area (Å²) in [6.45, 7) is 4.57. The largest absolute Gasteiger partial charge is 0.296 e. The van der Waals surface area contributed by atoms with E-state index >= 15 is 0 Å². The molecule has 0 aliphatic carbocycles. The van der Waals surface area contributed by atoms with E-state index in [1.54, 1.807) is 4.57 Å². The van der Waals surface area contributed by atoms with Crippen molar-refractivity contribution in [3.8, 4) is 17.2 Å². The number of halogens is 1. The zero-order valence-corrected chi connectivity index (χ0v) is 15.7. The van der Waals surface area contributed by atoms with Gasteiger partial charge in [0.25, 0.3) is 5.56 Å². The van der Waals surface area contributed by atoms with Crippen LogP contribution in [0.5, 0.6) is 0 Å². The summed E-state index contributed by atoms with van der Waals surface area (Å²) in [5.74, 6) is 0.917. The number of hydrogen-bond donors (Lipinski definition) is 0. The van der Waals surface area contributed by atoms with Crippen molar-refractivity contribution in [1.82, 2.24) is 9.55 Å². The summed E-state index contributed by atoms with van der Waals surface area (Å²) in [5, 5.41) is 12.1. The molecule has 3 aromatic rings. The second-order valence-electron chi connectivity index (χ2n) is 6.18. The van der Waals surface area contributed by atoms with Crippen molar-refractivity contribution in [2.45, 2.75) is 39.2 Å². The highest BCUT2D eigenvalue weighted by molar-refractivity contribution is 7.17. The van der Waals surface area contributed by atoms with Gasteiger partial charge in [-0.3, -0.25) is 9.36 Å². The highest BCUT2D eigenvalue weighted by Gasteiger charge is 2.18. The van der Waals surface area contributed by atoms with E-state index in [-0.39, 0.29) is 11.5 Å². The molecule has 0 aliphatic rings. The number of aromatic nitrogens is 2. The standard InChI is InChI=1S/C19H18ClN3OS/c1-12(2)17-22-18-16(19(24)23(17)10-4-3-9-21)15(11-25-18)13-5-7-14(20)8-6-13/h5-8,11-12H,3-4,10H2,1-2H3. The number of unbranched alkanes of at least 4 members (excludes halogenated alkanes) is 1. The summed E-state index contributed by atoms with van der Waals surface area (Å²) in [6, 6.07) is 9.61. The number of benzene rings is 1. The van der Waals surface area contributed by atoms with Crippen molar-refractivity contribution in [3.63, 3.8) is 0 Å². The van der Waals surface area contributed by atoms with Crippen molar-refractivity contribution in [2.75, 3.05) is 0 Å². The van der Waals surface area contributed by atoms with Gasteiger partial charge in [0, 0.05) is 34.8 Å². The number of rotatable bonds is 5. The first-order chi connectivity index (χ1) is 12.0. The Labute approximate surface area is 155 Å². The first-order valence-electron chi connectivity index (χ1n) is 8.17. The predicted molar refractivity (Wildman–Crippen MR) is 103 cm³/mol. The Bertz CT molecular complexity index is 996. The minimum Gasteiger partial charge on any atom is -0.296 e. The lowest BCUT2D eigenvalue weighted by Gasteiger charge is -2.14. The second-order valence-corrected chi connectivity index (χ2v) is 7.47. The van der Waals surface area contributed by atoms with E-state index < -0.39 is 0 Å². The van der Waals surface area contributed by atoms with Gasteiger partial charge in [-0.25, -0.2) is 4.98 Å². The van der Waals surface area contributed by atoms with Crippen LogP contribution in [0.3, 0.4) is 0 Å². The van der Waals surface area contributed by atoms with Crippen LogP contribution in [-0.2, 0) is 6.54 Å². The minimum absolute atomic E-state index is 0.0298. The van der Waals surface area contributed by atoms with E-state index in [4.69, 9.17) is 21.8 Å². The second kappa shape index (κ2) is 7.38. The molecular weight excluding hydrogens is 354 g/mol. The Kier molecular flexibility index (Phi) is 5.22. The molecule has 0 amide bonds. The van der Waals surface area contributed by atoms with Crippen LogP contribution in [0.1, 0.15) is 38.4 Å². The van der Waals surface area contributed by atoms with Gasteiger partial charge in [-0.1, -0.05) is 37.6 Å². The fourth-order valence-corrected chi connectivity index (χ4v) is 3.93. The molecule has 0 saturated carbocycles. The molecule has 0 spiro atoms. The molecule has 6 heteroatoms. The predicted octanol–water partition coefficient (Wildman–Crippen LogP) is 5.21. The fraction of sp³-hybridized carbons (Fsp3) is 0.316. The molecule has 0 aliphatic heterocycles. The normalized spacial score (nSPS) is 11.2. The summed E-state index contributed by atoms with van der Waals surface area (Å²) in [7, 11) is 0. The lowest BCUT2D eigenvalue weighted by Crippen LogP contribution is -2.26. The van der Waals surface area contributed by atoms with Gasteiger partial charge in [-0.15, -0.1) is 11.3 Å². The van der Waals surface area contributed by atoms with Crippen LogP contribution in [0.2, 0.25) is 5.02 Å². The molecule has 128 valence electrons. The third kappa shape index (κ3) is 3.46. The molecular formula is C19H18ClN3OS. The zero-order valence-electron chi connectivity index (χ0n) is 14.1. The number of nitriles is 1. The van der Waals surface area contributed by atoms with E-state index in [0.717, 1.165) is 21.8 Å². The SMILES string of the molecule is CC(C)c1nc2scc(-c3ccc(Cl)cc3)c2c(=O)n1CCCC#N. The van der Waals surface area contributed by atoms with Crippen molar-refractivity contribution in [3.05, 3.63) is 50.8 Å². The van der Waals surface area contributed by atoms with Gasteiger partial charge in [-0.2, -0.15) is 5.26 Å². The monoisotopic (exact) mass is 371 g/mol. The summed E-state index contributed by atoms with van der Waals surface area (Å²) in [5.41, 5.74) is 1.81. The fourth-order valence-electron chi connectivity index (χ4n) is 2.86. The smallest absolute Gasteiger partial charge is 0.262 e. The topological polar surface area (TPSA) is 58.7 Å². The molecule has 0 bridgehead atoms. The van der Waals surface area contributed by atoms with E-state index in [9.17, 15) is 4.79 Å². The van der Waals surface area contributed by atoms with Gasteiger partial charge in [0.2, 0.25) is 0 Å². The van der Waals surface area contributed by atoms with Crippen LogP contribution in [-0.4, -0.2) is 9.55 Å². The maximum atomic E-state index is 13.2. The highest BCUT2D eigenvalue weighted by Crippen LogP contribution is 2.32. The molecule has 0 fully saturated rings. The molecule has 1 aromatic carbocycles. The molecule has 0 radical (unpaired) electrons. The summed E-state index contributed by atoms with van der Waals surface area (Å²) >= 11 is 7.46. The molecule has 0 atom stereocenters. The Hall–Kier alpha value is -2.16. The first-order valence-corrected chi connectivity index (χ1v) is 9.43. The van der Waals surface area contributed by atoms with Crippen LogP contribution < -0.4 is 5.56 Å². The Balaban J connectivity index is 2.20. The van der Waals surface area contributed by atoms with Crippen molar-refractivity contribution >= 4 is 33.2 Å². The summed E-state index contributed by atoms with van der Waals surface area (Å²) in [4.78, 5) is 18.7. The number of nitrogens with zero attached hydrogens (tertiary/aromatic N) is 3. The third-order valence-corrected chi connectivity index (χ3v) is 5.19. The van der Waals surface area contributed by atoms with Crippen molar-refractivity contribution in [2.24, 2.45) is 0 Å². The lowest BCUT2D eigenvalue weighted by molar-refractivity contribution is 0.568. The third-order valence-electron chi connectivity index (χ3n) is 4.07. The zero-order chi connectivity index (χ0) is 18.0. The van der Waals surface area contributed by atoms with Gasteiger partial charge in [0.1, 0.15) is 10.7 Å². The number of fused-ring (bicyclic) bond motifs is 1. The molecule has 3 rings (SSSR count). The average molecular weight is 372 g/mol. The van der Waals surface area contributed by atoms with Gasteiger partial charge in [0.05, 0.1) is 11.5 Å². The maximum absolute atomic E-state index is 13.2. The maximum Gasteiger partial charge on any atom is 0.262 e. The Morgan fingerprint density at radius 1 is 1.32 bits per heavy atom. The van der Waals surface area contributed by atoms with E-state index in [1.807, 2.05) is 43.5 Å². The molecule has 2 heterocycles.